The molecule has 0 atom stereocenters. The molecule has 1 amide bonds. The summed E-state index contributed by atoms with van der Waals surface area (Å²) in [5, 5.41) is 7.41. The quantitative estimate of drug-likeness (QED) is 0.303. The predicted octanol–water partition coefficient (Wildman–Crippen LogP) is 3.09. The average molecular weight is 488 g/mol. The Kier molecular flexibility index (Phi) is 5.05. The number of aromatic nitrogens is 2. The lowest BCUT2D eigenvalue weighted by molar-refractivity contribution is -0.105. The van der Waals surface area contributed by atoms with Crippen molar-refractivity contribution in [2.45, 2.75) is 37.7 Å². The Bertz CT molecular complexity index is 1600. The van der Waals surface area contributed by atoms with Gasteiger partial charge in [0.05, 0.1) is 33.4 Å². The molecule has 2 aromatic carbocycles. The van der Waals surface area contributed by atoms with E-state index in [2.05, 4.69) is 10.5 Å². The first-order valence-electron chi connectivity index (χ1n) is 10.3. The summed E-state index contributed by atoms with van der Waals surface area (Å²) in [5.74, 6) is 0.403. The van der Waals surface area contributed by atoms with Crippen molar-refractivity contribution in [3.8, 4) is 11.1 Å². The average Bonchev–Trinajstić information content (AvgIpc) is 3.49. The van der Waals surface area contributed by atoms with Gasteiger partial charge < -0.3 is 9.84 Å². The maximum atomic E-state index is 13.5. The zero-order chi connectivity index (χ0) is 23.5. The van der Waals surface area contributed by atoms with Crippen LogP contribution in [-0.2, 0) is 31.3 Å². The Morgan fingerprint density at radius 1 is 1.18 bits per heavy atom. The third-order valence-electron chi connectivity index (χ3n) is 5.93. The zero-order valence-corrected chi connectivity index (χ0v) is 19.6. The fourth-order valence-electron chi connectivity index (χ4n) is 4.39. The molecule has 0 spiro atoms. The lowest BCUT2D eigenvalue weighted by Gasteiger charge is -2.12. The van der Waals surface area contributed by atoms with Crippen LogP contribution in [0.3, 0.4) is 0 Å². The largest absolute Gasteiger partial charge is 0.361 e. The minimum Gasteiger partial charge on any atom is -0.361 e. The minimum atomic E-state index is -3.77. The molecule has 1 aliphatic carbocycles. The normalized spacial score (nSPS) is 14.4. The molecule has 0 saturated heterocycles. The van der Waals surface area contributed by atoms with Crippen LogP contribution in [0.2, 0.25) is 0 Å². The van der Waals surface area contributed by atoms with Crippen LogP contribution in [0.1, 0.15) is 29.9 Å². The maximum Gasteiger partial charge on any atom is 0.242 e. The van der Waals surface area contributed by atoms with Crippen LogP contribution in [0.15, 0.2) is 34.9 Å². The van der Waals surface area contributed by atoms with Gasteiger partial charge in [0.2, 0.25) is 16.4 Å². The van der Waals surface area contributed by atoms with E-state index >= 15 is 0 Å². The van der Waals surface area contributed by atoms with Gasteiger partial charge in [0.25, 0.3) is 0 Å². The summed E-state index contributed by atoms with van der Waals surface area (Å²) < 4.78 is 56.2. The van der Waals surface area contributed by atoms with E-state index in [1.807, 2.05) is 6.07 Å². The van der Waals surface area contributed by atoms with E-state index in [1.165, 1.54) is 3.97 Å². The molecule has 1 fully saturated rings. The number of hydrogen-bond donors (Lipinski definition) is 2. The smallest absolute Gasteiger partial charge is 0.242 e. The lowest BCUT2D eigenvalue weighted by atomic mass is 10.00. The molecular weight excluding hydrogens is 466 g/mol. The lowest BCUT2D eigenvalue weighted by Crippen LogP contribution is -2.18. The molecule has 0 radical (unpaired) electrons. The van der Waals surface area contributed by atoms with Crippen molar-refractivity contribution in [2.75, 3.05) is 5.32 Å². The van der Waals surface area contributed by atoms with Crippen LogP contribution in [0.5, 0.6) is 0 Å². The van der Waals surface area contributed by atoms with Crippen LogP contribution in [0.4, 0.5) is 5.69 Å². The molecule has 5 rings (SSSR count). The molecule has 4 aromatic rings. The van der Waals surface area contributed by atoms with Crippen LogP contribution in [0.25, 0.3) is 32.9 Å². The van der Waals surface area contributed by atoms with Gasteiger partial charge in [0, 0.05) is 16.3 Å². The Morgan fingerprint density at radius 3 is 2.55 bits per heavy atom. The third kappa shape index (κ3) is 3.51. The van der Waals surface area contributed by atoms with Crippen molar-refractivity contribution >= 4 is 54.6 Å². The van der Waals surface area contributed by atoms with E-state index in [9.17, 15) is 21.6 Å². The minimum absolute atomic E-state index is 0.194. The van der Waals surface area contributed by atoms with Crippen LogP contribution in [0, 0.1) is 13.8 Å². The van der Waals surface area contributed by atoms with Crippen molar-refractivity contribution in [3.05, 3.63) is 47.3 Å². The molecule has 11 heteroatoms. The molecule has 0 unspecified atom stereocenters. The van der Waals surface area contributed by atoms with Crippen molar-refractivity contribution in [1.29, 1.82) is 0 Å². The number of anilines is 1. The van der Waals surface area contributed by atoms with Gasteiger partial charge in [-0.1, -0.05) is 17.3 Å². The first-order chi connectivity index (χ1) is 15.7. The first-order valence-corrected chi connectivity index (χ1v) is 13.2. The Hall–Kier alpha value is -3.18. The number of benzene rings is 2. The van der Waals surface area contributed by atoms with Crippen LogP contribution < -0.4 is 5.32 Å². The van der Waals surface area contributed by atoms with Crippen LogP contribution >= 0.6 is 0 Å². The molecule has 1 aliphatic rings. The number of thiol groups is 1. The van der Waals surface area contributed by atoms with E-state index in [1.54, 1.807) is 38.1 Å². The molecule has 2 heterocycles. The van der Waals surface area contributed by atoms with Gasteiger partial charge in [-0.05, 0) is 56.0 Å². The SMILES string of the molecule is Cc1noc(C)c1-c1cc(NC=O)c2c(c1)c1ccc(C[SH](=O)=O)cc1n2S(=O)(=O)C1CC1. The molecular formula is C22H21N3O6S2. The number of carbonyl (C=O) groups is 1. The van der Waals surface area contributed by atoms with E-state index in [0.29, 0.717) is 63.8 Å². The number of nitrogens with zero attached hydrogens (tertiary/aromatic N) is 2. The highest BCUT2D eigenvalue weighted by molar-refractivity contribution is 7.91. The fraction of sp³-hybridized carbons (Fsp3) is 0.273. The van der Waals surface area contributed by atoms with Gasteiger partial charge in [0.1, 0.15) is 16.5 Å². The molecule has 2 aromatic heterocycles. The number of hydrogen-bond acceptors (Lipinski definition) is 7. The van der Waals surface area contributed by atoms with Gasteiger partial charge >= 0.3 is 0 Å². The Labute approximate surface area is 191 Å². The molecule has 0 aliphatic heterocycles. The second-order valence-electron chi connectivity index (χ2n) is 8.23. The van der Waals surface area contributed by atoms with E-state index < -0.39 is 26.0 Å². The Morgan fingerprint density at radius 2 is 1.94 bits per heavy atom. The molecule has 9 nitrogen and oxygen atoms in total. The second kappa shape index (κ2) is 7.70. The van der Waals surface area contributed by atoms with Gasteiger partial charge in [0.15, 0.2) is 0 Å². The summed E-state index contributed by atoms with van der Waals surface area (Å²) in [6.45, 7) is 3.59. The predicted molar refractivity (Wildman–Crippen MR) is 125 cm³/mol. The van der Waals surface area contributed by atoms with Gasteiger partial charge in [-0.15, -0.1) is 0 Å². The van der Waals surface area contributed by atoms with Crippen LogP contribution in [-0.4, -0.2) is 37.6 Å². The van der Waals surface area contributed by atoms with Crippen molar-refractivity contribution < 1.29 is 26.2 Å². The summed E-state index contributed by atoms with van der Waals surface area (Å²) in [4.78, 5) is 11.5. The highest BCUT2D eigenvalue weighted by Crippen LogP contribution is 2.42. The number of nitrogens with one attached hydrogen (secondary N) is 1. The summed E-state index contributed by atoms with van der Waals surface area (Å²) in [6, 6.07) is 8.56. The van der Waals surface area contributed by atoms with Crippen molar-refractivity contribution in [3.63, 3.8) is 0 Å². The summed E-state index contributed by atoms with van der Waals surface area (Å²) in [5.41, 5.74) is 3.70. The molecule has 1 saturated carbocycles. The first kappa shape index (κ1) is 21.7. The second-order valence-corrected chi connectivity index (χ2v) is 11.3. The number of aryl methyl sites for hydroxylation is 2. The molecule has 1 N–H and O–H groups in total. The van der Waals surface area contributed by atoms with Gasteiger partial charge in [-0.25, -0.2) is 20.8 Å². The van der Waals surface area contributed by atoms with Crippen molar-refractivity contribution in [1.82, 2.24) is 9.13 Å². The molecule has 0 bridgehead atoms. The van der Waals surface area contributed by atoms with E-state index in [4.69, 9.17) is 4.52 Å². The molecule has 172 valence electrons. The standard InChI is InChI=1S/C22H21N3O6S2/c1-12-21(13(2)31-24-12)15-8-18-17-6-3-14(10-32(27)28)7-20(17)25(33(29,30)16-4-5-16)22(18)19(9-15)23-11-26/h3,6-9,11,16,32H,4-5,10H2,1-2H3,(H,23,26). The third-order valence-corrected chi connectivity index (χ3v) is 8.76. The molecule has 33 heavy (non-hydrogen) atoms. The summed E-state index contributed by atoms with van der Waals surface area (Å²) >= 11 is 0. The highest BCUT2D eigenvalue weighted by atomic mass is 32.2. The maximum absolute atomic E-state index is 13.5. The van der Waals surface area contributed by atoms with E-state index in [0.717, 1.165) is 11.1 Å². The summed E-state index contributed by atoms with van der Waals surface area (Å²) in [6.07, 6.45) is 1.62. The van der Waals surface area contributed by atoms with Gasteiger partial charge in [-0.2, -0.15) is 0 Å². The number of carbonyl (C=O) groups excluding carboxylic acids is 1. The Balaban J connectivity index is 1.93. The monoisotopic (exact) mass is 487 g/mol. The number of amides is 1. The summed E-state index contributed by atoms with van der Waals surface area (Å²) in [7, 11) is -6.44. The number of fused-ring (bicyclic) bond motifs is 3. The topological polar surface area (TPSA) is 128 Å². The number of rotatable bonds is 7. The fourth-order valence-corrected chi connectivity index (χ4v) is 6.79. The van der Waals surface area contributed by atoms with Crippen molar-refractivity contribution in [2.24, 2.45) is 0 Å². The van der Waals surface area contributed by atoms with E-state index in [-0.39, 0.29) is 5.75 Å². The van der Waals surface area contributed by atoms with Gasteiger partial charge in [-0.3, -0.25) is 4.79 Å². The highest BCUT2D eigenvalue weighted by Gasteiger charge is 2.39. The zero-order valence-electron chi connectivity index (χ0n) is 17.9.